The highest BCUT2D eigenvalue weighted by molar-refractivity contribution is 7.14. The van der Waals surface area contributed by atoms with Gasteiger partial charge in [-0.15, -0.1) is 11.3 Å². The number of aryl methyl sites for hydroxylation is 1. The van der Waals surface area contributed by atoms with E-state index in [1.165, 1.54) is 30.4 Å². The van der Waals surface area contributed by atoms with E-state index < -0.39 is 18.0 Å². The van der Waals surface area contributed by atoms with Crippen molar-refractivity contribution in [2.75, 3.05) is 5.32 Å². The van der Waals surface area contributed by atoms with E-state index in [0.29, 0.717) is 10.4 Å². The summed E-state index contributed by atoms with van der Waals surface area (Å²) in [4.78, 5) is 64.5. The Morgan fingerprint density at radius 1 is 0.882 bits per heavy atom. The Hall–Kier alpha value is -3.91. The standard InChI is InChI=1S/C26H21NO6S/c1-14-10-12-21(34-14)20(28)11-13-22(29)33-15(2)26(32)27-19-9-5-8-18-23(19)25(31)17-7-4-3-6-16(17)24(18)30/h3-10,12,15H,11,13H2,1-2H3,(H,27,32). The molecule has 0 bridgehead atoms. The van der Waals surface area contributed by atoms with Crippen molar-refractivity contribution in [3.8, 4) is 0 Å². The van der Waals surface area contributed by atoms with E-state index in [2.05, 4.69) is 5.32 Å². The highest BCUT2D eigenvalue weighted by Gasteiger charge is 2.32. The SMILES string of the molecule is Cc1ccc(C(=O)CCC(=O)OC(C)C(=O)Nc2cccc3c2C(=O)c2ccccc2C3=O)s1. The molecule has 0 saturated heterocycles. The van der Waals surface area contributed by atoms with Crippen LogP contribution in [0.1, 0.15) is 66.2 Å². The number of carbonyl (C=O) groups is 5. The van der Waals surface area contributed by atoms with Gasteiger partial charge >= 0.3 is 5.97 Å². The van der Waals surface area contributed by atoms with Crippen molar-refractivity contribution in [2.24, 2.45) is 0 Å². The van der Waals surface area contributed by atoms with Gasteiger partial charge in [-0.2, -0.15) is 0 Å². The molecule has 1 aliphatic rings. The van der Waals surface area contributed by atoms with E-state index in [4.69, 9.17) is 4.74 Å². The number of amides is 1. The molecule has 4 rings (SSSR count). The van der Waals surface area contributed by atoms with Crippen molar-refractivity contribution >= 4 is 46.3 Å². The molecule has 0 fully saturated rings. The van der Waals surface area contributed by atoms with Crippen LogP contribution in [0.4, 0.5) is 5.69 Å². The third-order valence-electron chi connectivity index (χ3n) is 5.46. The highest BCUT2D eigenvalue weighted by atomic mass is 32.1. The summed E-state index contributed by atoms with van der Waals surface area (Å²) in [5, 5.41) is 2.60. The molecule has 0 aliphatic heterocycles. The van der Waals surface area contributed by atoms with Crippen LogP contribution in [-0.4, -0.2) is 35.3 Å². The Balaban J connectivity index is 1.41. The Morgan fingerprint density at radius 2 is 1.56 bits per heavy atom. The lowest BCUT2D eigenvalue weighted by atomic mass is 9.83. The van der Waals surface area contributed by atoms with Gasteiger partial charge in [0.15, 0.2) is 23.5 Å². The summed E-state index contributed by atoms with van der Waals surface area (Å²) < 4.78 is 5.17. The van der Waals surface area contributed by atoms with Gasteiger partial charge in [0.1, 0.15) is 0 Å². The Bertz CT molecular complexity index is 1340. The number of nitrogens with one attached hydrogen (secondary N) is 1. The van der Waals surface area contributed by atoms with Crippen molar-refractivity contribution in [3.05, 3.63) is 86.6 Å². The van der Waals surface area contributed by atoms with E-state index in [-0.39, 0.29) is 52.6 Å². The summed E-state index contributed by atoms with van der Waals surface area (Å²) in [6.45, 7) is 3.29. The number of ketones is 3. The maximum atomic E-state index is 13.1. The third-order valence-corrected chi connectivity index (χ3v) is 6.50. The van der Waals surface area contributed by atoms with Crippen LogP contribution in [0.25, 0.3) is 0 Å². The van der Waals surface area contributed by atoms with Gasteiger partial charge in [0.25, 0.3) is 5.91 Å². The summed E-state index contributed by atoms with van der Waals surface area (Å²) in [5.41, 5.74) is 1.06. The first-order valence-electron chi connectivity index (χ1n) is 10.7. The summed E-state index contributed by atoms with van der Waals surface area (Å²) in [7, 11) is 0. The maximum absolute atomic E-state index is 13.1. The van der Waals surface area contributed by atoms with Gasteiger partial charge in [-0.1, -0.05) is 36.4 Å². The molecule has 172 valence electrons. The summed E-state index contributed by atoms with van der Waals surface area (Å²) in [5.74, 6) is -2.16. The largest absolute Gasteiger partial charge is 0.453 e. The molecule has 1 atom stereocenters. The van der Waals surface area contributed by atoms with Crippen LogP contribution < -0.4 is 5.32 Å². The van der Waals surface area contributed by atoms with E-state index >= 15 is 0 Å². The smallest absolute Gasteiger partial charge is 0.307 e. The van der Waals surface area contributed by atoms with Gasteiger partial charge in [-0.05, 0) is 32.0 Å². The topological polar surface area (TPSA) is 107 Å². The van der Waals surface area contributed by atoms with Gasteiger partial charge in [0.2, 0.25) is 0 Å². The van der Waals surface area contributed by atoms with E-state index in [0.717, 1.165) is 4.88 Å². The third kappa shape index (κ3) is 4.58. The first kappa shape index (κ1) is 23.3. The number of fused-ring (bicyclic) bond motifs is 2. The Labute approximate surface area is 199 Å². The summed E-state index contributed by atoms with van der Waals surface area (Å²) in [6.07, 6.45) is -1.34. The van der Waals surface area contributed by atoms with E-state index in [9.17, 15) is 24.0 Å². The molecule has 1 heterocycles. The number of hydrogen-bond acceptors (Lipinski definition) is 7. The fourth-order valence-corrected chi connectivity index (χ4v) is 4.55. The van der Waals surface area contributed by atoms with Crippen LogP contribution >= 0.6 is 11.3 Å². The van der Waals surface area contributed by atoms with Crippen LogP contribution in [0.5, 0.6) is 0 Å². The summed E-state index contributed by atoms with van der Waals surface area (Å²) >= 11 is 1.36. The molecular formula is C26H21NO6S. The number of hydrogen-bond donors (Lipinski definition) is 1. The number of rotatable bonds is 7. The highest BCUT2D eigenvalue weighted by Crippen LogP contribution is 2.32. The fourth-order valence-electron chi connectivity index (χ4n) is 3.72. The molecule has 2 aromatic carbocycles. The Kier molecular flexibility index (Phi) is 6.51. The first-order valence-corrected chi connectivity index (χ1v) is 11.5. The van der Waals surface area contributed by atoms with Crippen molar-refractivity contribution in [1.29, 1.82) is 0 Å². The van der Waals surface area contributed by atoms with Crippen LogP contribution in [0.3, 0.4) is 0 Å². The minimum atomic E-state index is -1.16. The lowest BCUT2D eigenvalue weighted by Gasteiger charge is -2.21. The number of Topliss-reactive ketones (excluding diaryl/α,β-unsaturated/α-hetero) is 1. The van der Waals surface area contributed by atoms with Gasteiger partial charge in [-0.25, -0.2) is 0 Å². The minimum absolute atomic E-state index is 0.0185. The second-order valence-electron chi connectivity index (χ2n) is 7.89. The first-order chi connectivity index (χ1) is 16.3. The van der Waals surface area contributed by atoms with Crippen LogP contribution in [0.15, 0.2) is 54.6 Å². The van der Waals surface area contributed by atoms with Gasteiger partial charge in [0.05, 0.1) is 22.5 Å². The van der Waals surface area contributed by atoms with Crippen LogP contribution in [-0.2, 0) is 14.3 Å². The number of ether oxygens (including phenoxy) is 1. The average Bonchev–Trinajstić information content (AvgIpc) is 3.27. The number of thiophene rings is 1. The monoisotopic (exact) mass is 475 g/mol. The molecule has 0 saturated carbocycles. The Morgan fingerprint density at radius 3 is 2.24 bits per heavy atom. The lowest BCUT2D eigenvalue weighted by molar-refractivity contribution is -0.153. The molecule has 0 radical (unpaired) electrons. The van der Waals surface area contributed by atoms with Crippen molar-refractivity contribution in [1.82, 2.24) is 0 Å². The number of anilines is 1. The van der Waals surface area contributed by atoms with Crippen LogP contribution in [0.2, 0.25) is 0 Å². The molecule has 1 aliphatic carbocycles. The molecule has 1 amide bonds. The quantitative estimate of drug-likeness (QED) is 0.314. The summed E-state index contributed by atoms with van der Waals surface area (Å²) in [6, 6.07) is 14.7. The van der Waals surface area contributed by atoms with Crippen molar-refractivity contribution in [3.63, 3.8) is 0 Å². The van der Waals surface area contributed by atoms with Gasteiger partial charge in [-0.3, -0.25) is 24.0 Å². The second-order valence-corrected chi connectivity index (χ2v) is 9.17. The molecule has 3 aromatic rings. The predicted molar refractivity (Wildman–Crippen MR) is 127 cm³/mol. The number of esters is 1. The molecule has 34 heavy (non-hydrogen) atoms. The zero-order chi connectivity index (χ0) is 24.4. The van der Waals surface area contributed by atoms with E-state index in [1.54, 1.807) is 36.4 Å². The predicted octanol–water partition coefficient (Wildman–Crippen LogP) is 4.37. The van der Waals surface area contributed by atoms with Crippen LogP contribution in [0, 0.1) is 6.92 Å². The molecule has 1 unspecified atom stereocenters. The molecular weight excluding hydrogens is 454 g/mol. The average molecular weight is 476 g/mol. The number of benzene rings is 2. The molecule has 7 nitrogen and oxygen atoms in total. The second kappa shape index (κ2) is 9.52. The van der Waals surface area contributed by atoms with Gasteiger partial charge < -0.3 is 10.1 Å². The molecule has 0 spiro atoms. The van der Waals surface area contributed by atoms with Crippen molar-refractivity contribution < 1.29 is 28.7 Å². The molecule has 1 aromatic heterocycles. The lowest BCUT2D eigenvalue weighted by Crippen LogP contribution is -2.31. The zero-order valence-electron chi connectivity index (χ0n) is 18.5. The molecule has 8 heteroatoms. The zero-order valence-corrected chi connectivity index (χ0v) is 19.4. The normalized spacial score (nSPS) is 13.0. The molecule has 1 N–H and O–H groups in total. The fraction of sp³-hybridized carbons (Fsp3) is 0.192. The van der Waals surface area contributed by atoms with Gasteiger partial charge in [0, 0.05) is 28.0 Å². The minimum Gasteiger partial charge on any atom is -0.453 e. The maximum Gasteiger partial charge on any atom is 0.307 e. The van der Waals surface area contributed by atoms with Crippen molar-refractivity contribution in [2.45, 2.75) is 32.8 Å². The number of carbonyl (C=O) groups excluding carboxylic acids is 5. The van der Waals surface area contributed by atoms with E-state index in [1.807, 2.05) is 13.0 Å².